The highest BCUT2D eigenvalue weighted by atomic mass is 15.4. The third kappa shape index (κ3) is 1.40. The molecule has 1 aliphatic heterocycles. The first kappa shape index (κ1) is 10.2. The molecule has 1 aromatic heterocycles. The van der Waals surface area contributed by atoms with Crippen LogP contribution in [0.1, 0.15) is 11.3 Å². The summed E-state index contributed by atoms with van der Waals surface area (Å²) in [5, 5.41) is 4.38. The van der Waals surface area contributed by atoms with E-state index in [9.17, 15) is 0 Å². The maximum atomic E-state index is 6.12. The Hall–Kier alpha value is -1.97. The summed E-state index contributed by atoms with van der Waals surface area (Å²) in [5.41, 5.74) is 10.4. The van der Waals surface area contributed by atoms with Gasteiger partial charge in [0, 0.05) is 19.3 Å². The Kier molecular flexibility index (Phi) is 2.11. The lowest BCUT2D eigenvalue weighted by Gasteiger charge is -2.20. The second kappa shape index (κ2) is 3.52. The van der Waals surface area contributed by atoms with Crippen molar-refractivity contribution in [1.29, 1.82) is 0 Å². The fraction of sp³-hybridized carbons (Fsp3) is 0.308. The summed E-state index contributed by atoms with van der Waals surface area (Å²) in [6, 6.07) is 8.47. The molecule has 4 nitrogen and oxygen atoms in total. The maximum absolute atomic E-state index is 6.12. The number of rotatable bonds is 1. The van der Waals surface area contributed by atoms with Crippen LogP contribution in [0, 0.1) is 6.92 Å². The molecule has 2 aromatic rings. The van der Waals surface area contributed by atoms with Crippen LogP contribution in [-0.2, 0) is 13.5 Å². The zero-order valence-corrected chi connectivity index (χ0v) is 10.1. The lowest BCUT2D eigenvalue weighted by Crippen LogP contribution is -2.18. The van der Waals surface area contributed by atoms with E-state index in [1.165, 1.54) is 11.3 Å². The van der Waals surface area contributed by atoms with Crippen LogP contribution in [-0.4, -0.2) is 16.3 Å². The van der Waals surface area contributed by atoms with Gasteiger partial charge in [0.2, 0.25) is 0 Å². The first-order chi connectivity index (χ1) is 8.18. The average molecular weight is 228 g/mol. The van der Waals surface area contributed by atoms with E-state index >= 15 is 0 Å². The predicted molar refractivity (Wildman–Crippen MR) is 69.5 cm³/mol. The standard InChI is InChI=1S/C13H16N4/c1-9-12(14)13(16(2)15-9)17-8-7-10-5-3-4-6-11(10)17/h3-6H,7-8,14H2,1-2H3. The SMILES string of the molecule is Cc1nn(C)c(N2CCc3ccccc32)c1N. The van der Waals surface area contributed by atoms with Crippen LogP contribution in [0.25, 0.3) is 0 Å². The van der Waals surface area contributed by atoms with Gasteiger partial charge in [-0.2, -0.15) is 5.10 Å². The fourth-order valence-electron chi connectivity index (χ4n) is 2.54. The van der Waals surface area contributed by atoms with Gasteiger partial charge in [-0.3, -0.25) is 4.68 Å². The maximum Gasteiger partial charge on any atom is 0.154 e. The van der Waals surface area contributed by atoms with E-state index in [-0.39, 0.29) is 0 Å². The Morgan fingerprint density at radius 1 is 1.29 bits per heavy atom. The van der Waals surface area contributed by atoms with Crippen molar-refractivity contribution in [3.8, 4) is 0 Å². The highest BCUT2D eigenvalue weighted by Gasteiger charge is 2.25. The molecule has 0 spiro atoms. The number of aromatic nitrogens is 2. The molecule has 2 heterocycles. The van der Waals surface area contributed by atoms with Crippen LogP contribution >= 0.6 is 0 Å². The lowest BCUT2D eigenvalue weighted by molar-refractivity contribution is 0.743. The summed E-state index contributed by atoms with van der Waals surface area (Å²) in [6.45, 7) is 2.92. The average Bonchev–Trinajstić information content (AvgIpc) is 2.82. The van der Waals surface area contributed by atoms with E-state index in [1.807, 2.05) is 18.7 Å². The van der Waals surface area contributed by atoms with Crippen molar-refractivity contribution in [3.63, 3.8) is 0 Å². The quantitative estimate of drug-likeness (QED) is 0.812. The van der Waals surface area contributed by atoms with Gasteiger partial charge >= 0.3 is 0 Å². The highest BCUT2D eigenvalue weighted by Crippen LogP contribution is 2.37. The molecule has 0 saturated carbocycles. The number of hydrogen-bond donors (Lipinski definition) is 1. The molecule has 0 unspecified atom stereocenters. The minimum absolute atomic E-state index is 0.782. The summed E-state index contributed by atoms with van der Waals surface area (Å²) >= 11 is 0. The molecule has 1 aliphatic rings. The van der Waals surface area contributed by atoms with Gasteiger partial charge in [0.15, 0.2) is 5.82 Å². The summed E-state index contributed by atoms with van der Waals surface area (Å²) in [6.07, 6.45) is 1.07. The number of hydrogen-bond acceptors (Lipinski definition) is 3. The Bertz CT molecular complexity index is 571. The van der Waals surface area contributed by atoms with Crippen molar-refractivity contribution >= 4 is 17.2 Å². The van der Waals surface area contributed by atoms with Gasteiger partial charge in [-0.15, -0.1) is 0 Å². The largest absolute Gasteiger partial charge is 0.394 e. The molecule has 0 radical (unpaired) electrons. The van der Waals surface area contributed by atoms with Gasteiger partial charge in [0.05, 0.1) is 11.4 Å². The molecule has 0 atom stereocenters. The lowest BCUT2D eigenvalue weighted by atomic mass is 10.2. The van der Waals surface area contributed by atoms with Crippen molar-refractivity contribution in [1.82, 2.24) is 9.78 Å². The van der Waals surface area contributed by atoms with Crippen molar-refractivity contribution in [2.75, 3.05) is 17.2 Å². The molecule has 3 rings (SSSR count). The van der Waals surface area contributed by atoms with Crippen molar-refractivity contribution in [2.24, 2.45) is 7.05 Å². The first-order valence-corrected chi connectivity index (χ1v) is 5.83. The Balaban J connectivity index is 2.13. The van der Waals surface area contributed by atoms with Crippen LogP contribution in [0.5, 0.6) is 0 Å². The van der Waals surface area contributed by atoms with Crippen LogP contribution in [0.15, 0.2) is 24.3 Å². The summed E-state index contributed by atoms with van der Waals surface area (Å²) < 4.78 is 1.87. The number of para-hydroxylation sites is 1. The highest BCUT2D eigenvalue weighted by molar-refractivity contribution is 5.76. The van der Waals surface area contributed by atoms with E-state index < -0.39 is 0 Å². The Labute approximate surface area is 101 Å². The van der Waals surface area contributed by atoms with Gasteiger partial charge in [-0.05, 0) is 25.0 Å². The van der Waals surface area contributed by atoms with Gasteiger partial charge in [0.25, 0.3) is 0 Å². The van der Waals surface area contributed by atoms with E-state index in [0.717, 1.165) is 30.2 Å². The summed E-state index contributed by atoms with van der Waals surface area (Å²) in [4.78, 5) is 2.25. The number of nitrogen functional groups attached to an aromatic ring is 1. The molecule has 1 aromatic carbocycles. The zero-order valence-electron chi connectivity index (χ0n) is 10.1. The van der Waals surface area contributed by atoms with E-state index in [0.29, 0.717) is 0 Å². The van der Waals surface area contributed by atoms with Gasteiger partial charge in [-0.25, -0.2) is 0 Å². The number of aryl methyl sites for hydroxylation is 2. The number of benzene rings is 1. The van der Waals surface area contributed by atoms with E-state index in [4.69, 9.17) is 5.73 Å². The van der Waals surface area contributed by atoms with Gasteiger partial charge in [-0.1, -0.05) is 18.2 Å². The van der Waals surface area contributed by atoms with Crippen LogP contribution in [0.2, 0.25) is 0 Å². The number of anilines is 3. The topological polar surface area (TPSA) is 47.1 Å². The molecule has 88 valence electrons. The zero-order chi connectivity index (χ0) is 12.0. The first-order valence-electron chi connectivity index (χ1n) is 5.83. The Morgan fingerprint density at radius 3 is 2.76 bits per heavy atom. The number of nitrogens with two attached hydrogens (primary N) is 1. The smallest absolute Gasteiger partial charge is 0.154 e. The normalized spacial score (nSPS) is 14.1. The van der Waals surface area contributed by atoms with E-state index in [1.54, 1.807) is 0 Å². The van der Waals surface area contributed by atoms with Crippen molar-refractivity contribution in [2.45, 2.75) is 13.3 Å². The predicted octanol–water partition coefficient (Wildman–Crippen LogP) is 2.00. The molecule has 0 amide bonds. The Morgan fingerprint density at radius 2 is 2.06 bits per heavy atom. The van der Waals surface area contributed by atoms with Crippen molar-refractivity contribution in [3.05, 3.63) is 35.5 Å². The summed E-state index contributed by atoms with van der Waals surface area (Å²) in [7, 11) is 1.94. The van der Waals surface area contributed by atoms with Crippen LogP contribution < -0.4 is 10.6 Å². The summed E-state index contributed by atoms with van der Waals surface area (Å²) in [5.74, 6) is 1.01. The van der Waals surface area contributed by atoms with Crippen LogP contribution in [0.4, 0.5) is 17.2 Å². The minimum Gasteiger partial charge on any atom is -0.394 e. The molecule has 0 fully saturated rings. The second-order valence-electron chi connectivity index (χ2n) is 4.48. The monoisotopic (exact) mass is 228 g/mol. The fourth-order valence-corrected chi connectivity index (χ4v) is 2.54. The third-order valence-corrected chi connectivity index (χ3v) is 3.38. The van der Waals surface area contributed by atoms with Crippen LogP contribution in [0.3, 0.4) is 0 Å². The number of nitrogens with zero attached hydrogens (tertiary/aromatic N) is 3. The van der Waals surface area contributed by atoms with Gasteiger partial charge in [0.1, 0.15) is 0 Å². The molecule has 17 heavy (non-hydrogen) atoms. The second-order valence-corrected chi connectivity index (χ2v) is 4.48. The molecule has 0 aliphatic carbocycles. The molecule has 0 saturated heterocycles. The molecular formula is C13H16N4. The van der Waals surface area contributed by atoms with Gasteiger partial charge < -0.3 is 10.6 Å². The molecule has 2 N–H and O–H groups in total. The van der Waals surface area contributed by atoms with Crippen molar-refractivity contribution < 1.29 is 0 Å². The third-order valence-electron chi connectivity index (χ3n) is 3.38. The molecule has 0 bridgehead atoms. The molecule has 4 heteroatoms. The van der Waals surface area contributed by atoms with E-state index in [2.05, 4.69) is 34.3 Å². The minimum atomic E-state index is 0.782. The molecular weight excluding hydrogens is 212 g/mol. The number of fused-ring (bicyclic) bond motifs is 1.